The van der Waals surface area contributed by atoms with Gasteiger partial charge in [0, 0.05) is 13.6 Å². The summed E-state index contributed by atoms with van der Waals surface area (Å²) in [4.78, 5) is 24.8. The van der Waals surface area contributed by atoms with E-state index in [4.69, 9.17) is 10.8 Å². The highest BCUT2D eigenvalue weighted by Gasteiger charge is 2.27. The van der Waals surface area contributed by atoms with Gasteiger partial charge in [0.05, 0.1) is 11.6 Å². The number of hydrogen-bond acceptors (Lipinski definition) is 5. The minimum absolute atomic E-state index is 0.0909. The van der Waals surface area contributed by atoms with Crippen molar-refractivity contribution in [2.45, 2.75) is 26.7 Å². The minimum atomic E-state index is -1.07. The highest BCUT2D eigenvalue weighted by Crippen LogP contribution is 2.29. The van der Waals surface area contributed by atoms with Gasteiger partial charge in [0.2, 0.25) is 5.91 Å². The first-order valence-corrected chi connectivity index (χ1v) is 6.88. The van der Waals surface area contributed by atoms with E-state index in [-0.39, 0.29) is 23.9 Å². The van der Waals surface area contributed by atoms with Crippen LogP contribution in [0, 0.1) is 12.8 Å². The second kappa shape index (κ2) is 6.63. The maximum atomic E-state index is 12.3. The van der Waals surface area contributed by atoms with E-state index in [9.17, 15) is 9.59 Å². The average Bonchev–Trinajstić information content (AvgIpc) is 2.76. The molecule has 3 N–H and O–H groups in total. The summed E-state index contributed by atoms with van der Waals surface area (Å²) in [5.41, 5.74) is 6.12. The van der Waals surface area contributed by atoms with Crippen molar-refractivity contribution in [3.63, 3.8) is 0 Å². The van der Waals surface area contributed by atoms with Gasteiger partial charge in [-0.15, -0.1) is 0 Å². The number of nitrogens with two attached hydrogens (primary N) is 1. The molecule has 1 unspecified atom stereocenters. The van der Waals surface area contributed by atoms with Gasteiger partial charge < -0.3 is 15.7 Å². The lowest BCUT2D eigenvalue weighted by Crippen LogP contribution is -2.36. The van der Waals surface area contributed by atoms with Crippen LogP contribution in [0.1, 0.15) is 35.8 Å². The predicted octanol–water partition coefficient (Wildman–Crippen LogP) is 1.49. The zero-order valence-corrected chi connectivity index (χ0v) is 12.2. The van der Waals surface area contributed by atoms with Gasteiger partial charge in [0.25, 0.3) is 0 Å². The monoisotopic (exact) mass is 285 g/mol. The number of carboxylic acid groups (broad SMARTS) is 1. The highest BCUT2D eigenvalue weighted by atomic mass is 32.1. The SMILES string of the molecule is CCCC(CN)C(=O)N(C)c1snc(C)c1C(=O)O. The van der Waals surface area contributed by atoms with Crippen molar-refractivity contribution < 1.29 is 14.7 Å². The molecular weight excluding hydrogens is 266 g/mol. The Balaban J connectivity index is 3.03. The molecule has 1 rings (SSSR count). The topological polar surface area (TPSA) is 96.5 Å². The first-order chi connectivity index (χ1) is 8.93. The molecule has 0 saturated carbocycles. The lowest BCUT2D eigenvalue weighted by molar-refractivity contribution is -0.122. The number of hydrogen-bond donors (Lipinski definition) is 2. The van der Waals surface area contributed by atoms with Crippen molar-refractivity contribution in [1.82, 2.24) is 4.37 Å². The molecule has 1 aromatic heterocycles. The zero-order chi connectivity index (χ0) is 14.6. The fraction of sp³-hybridized carbons (Fsp3) is 0.583. The Morgan fingerprint density at radius 3 is 2.63 bits per heavy atom. The quantitative estimate of drug-likeness (QED) is 0.825. The number of carbonyl (C=O) groups excluding carboxylic acids is 1. The molecule has 1 amide bonds. The summed E-state index contributed by atoms with van der Waals surface area (Å²) >= 11 is 1.02. The van der Waals surface area contributed by atoms with Crippen molar-refractivity contribution in [3.8, 4) is 0 Å². The Morgan fingerprint density at radius 1 is 1.53 bits per heavy atom. The number of nitrogens with zero attached hydrogens (tertiary/aromatic N) is 2. The van der Waals surface area contributed by atoms with Crippen molar-refractivity contribution in [3.05, 3.63) is 11.3 Å². The van der Waals surface area contributed by atoms with Gasteiger partial charge in [0.15, 0.2) is 0 Å². The van der Waals surface area contributed by atoms with Crippen LogP contribution in [-0.4, -0.2) is 34.9 Å². The van der Waals surface area contributed by atoms with Gasteiger partial charge in [-0.1, -0.05) is 13.3 Å². The van der Waals surface area contributed by atoms with Crippen LogP contribution in [0.2, 0.25) is 0 Å². The normalized spacial score (nSPS) is 12.2. The molecular formula is C12H19N3O3S. The predicted molar refractivity (Wildman–Crippen MR) is 74.7 cm³/mol. The van der Waals surface area contributed by atoms with E-state index in [2.05, 4.69) is 4.37 Å². The van der Waals surface area contributed by atoms with Crippen molar-refractivity contribution in [2.75, 3.05) is 18.5 Å². The molecule has 0 radical (unpaired) electrons. The molecule has 1 atom stereocenters. The number of carbonyl (C=O) groups is 2. The lowest BCUT2D eigenvalue weighted by atomic mass is 10.0. The molecule has 0 aliphatic heterocycles. The van der Waals surface area contributed by atoms with Crippen molar-refractivity contribution in [1.29, 1.82) is 0 Å². The van der Waals surface area contributed by atoms with E-state index in [1.165, 1.54) is 4.90 Å². The third kappa shape index (κ3) is 3.30. The molecule has 19 heavy (non-hydrogen) atoms. The van der Waals surface area contributed by atoms with Gasteiger partial charge in [-0.05, 0) is 24.9 Å². The van der Waals surface area contributed by atoms with E-state index < -0.39 is 5.97 Å². The van der Waals surface area contributed by atoms with Crippen LogP contribution in [0.4, 0.5) is 5.00 Å². The smallest absolute Gasteiger partial charge is 0.340 e. The summed E-state index contributed by atoms with van der Waals surface area (Å²) in [5, 5.41) is 9.53. The van der Waals surface area contributed by atoms with Gasteiger partial charge in [-0.2, -0.15) is 4.37 Å². The van der Waals surface area contributed by atoms with Crippen molar-refractivity contribution in [2.24, 2.45) is 11.7 Å². The fourth-order valence-electron chi connectivity index (χ4n) is 1.90. The van der Waals surface area contributed by atoms with E-state index in [1.807, 2.05) is 6.92 Å². The maximum absolute atomic E-state index is 12.3. The Kier molecular flexibility index (Phi) is 5.44. The summed E-state index contributed by atoms with van der Waals surface area (Å²) in [6.45, 7) is 3.86. The van der Waals surface area contributed by atoms with Crippen LogP contribution in [-0.2, 0) is 4.79 Å². The van der Waals surface area contributed by atoms with Gasteiger partial charge in [-0.25, -0.2) is 4.79 Å². The number of amides is 1. The van der Waals surface area contributed by atoms with Crippen LogP contribution < -0.4 is 10.6 Å². The first-order valence-electron chi connectivity index (χ1n) is 6.11. The summed E-state index contributed by atoms with van der Waals surface area (Å²) in [6.07, 6.45) is 1.55. The molecule has 7 heteroatoms. The molecule has 0 aromatic carbocycles. The average molecular weight is 285 g/mol. The molecule has 0 fully saturated rings. The zero-order valence-electron chi connectivity index (χ0n) is 11.3. The first kappa shape index (κ1) is 15.6. The van der Waals surface area contributed by atoms with E-state index in [1.54, 1.807) is 14.0 Å². The Labute approximate surface area is 116 Å². The maximum Gasteiger partial charge on any atom is 0.340 e. The number of carboxylic acids is 1. The Hall–Kier alpha value is -1.47. The molecule has 106 valence electrons. The van der Waals surface area contributed by atoms with E-state index in [0.29, 0.717) is 17.1 Å². The molecule has 0 saturated heterocycles. The summed E-state index contributed by atoms with van der Waals surface area (Å²) in [6, 6.07) is 0. The van der Waals surface area contributed by atoms with Gasteiger partial charge in [0.1, 0.15) is 10.6 Å². The summed E-state index contributed by atoms with van der Waals surface area (Å²) in [5.74, 6) is -1.50. The van der Waals surface area contributed by atoms with E-state index >= 15 is 0 Å². The van der Waals surface area contributed by atoms with Crippen LogP contribution in [0.5, 0.6) is 0 Å². The summed E-state index contributed by atoms with van der Waals surface area (Å²) in [7, 11) is 1.57. The molecule has 6 nitrogen and oxygen atoms in total. The minimum Gasteiger partial charge on any atom is -0.478 e. The number of rotatable bonds is 6. The van der Waals surface area contributed by atoms with Crippen LogP contribution >= 0.6 is 11.5 Å². The fourth-order valence-corrected chi connectivity index (χ4v) is 2.75. The van der Waals surface area contributed by atoms with Crippen LogP contribution in [0.15, 0.2) is 0 Å². The van der Waals surface area contributed by atoms with E-state index in [0.717, 1.165) is 18.0 Å². The summed E-state index contributed by atoms with van der Waals surface area (Å²) < 4.78 is 4.01. The molecule has 0 bridgehead atoms. The third-order valence-electron chi connectivity index (χ3n) is 2.96. The Bertz CT molecular complexity index is 473. The standard InChI is InChI=1S/C12H19N3O3S/c1-4-5-8(6-13)10(16)15(3)11-9(12(17)18)7(2)14-19-11/h8H,4-6,13H2,1-3H3,(H,17,18). The largest absolute Gasteiger partial charge is 0.478 e. The molecule has 1 heterocycles. The van der Waals surface area contributed by atoms with Crippen LogP contribution in [0.3, 0.4) is 0 Å². The second-order valence-electron chi connectivity index (χ2n) is 4.37. The molecule has 0 spiro atoms. The number of aromatic carboxylic acids is 1. The Morgan fingerprint density at radius 2 is 2.16 bits per heavy atom. The molecule has 0 aliphatic carbocycles. The van der Waals surface area contributed by atoms with Gasteiger partial charge in [-0.3, -0.25) is 4.79 Å². The second-order valence-corrected chi connectivity index (χ2v) is 5.12. The van der Waals surface area contributed by atoms with Crippen molar-refractivity contribution >= 4 is 28.4 Å². The third-order valence-corrected chi connectivity index (χ3v) is 3.98. The molecule has 1 aromatic rings. The number of anilines is 1. The number of aromatic nitrogens is 1. The van der Waals surface area contributed by atoms with Gasteiger partial charge >= 0.3 is 5.97 Å². The molecule has 0 aliphatic rings. The highest BCUT2D eigenvalue weighted by molar-refractivity contribution is 7.11. The number of aryl methyl sites for hydroxylation is 1. The van der Waals surface area contributed by atoms with Crippen LogP contribution in [0.25, 0.3) is 0 Å². The lowest BCUT2D eigenvalue weighted by Gasteiger charge is -2.21.